The molecule has 0 atom stereocenters. The zero-order valence-corrected chi connectivity index (χ0v) is 13.7. The molecule has 0 aliphatic heterocycles. The Morgan fingerprint density at radius 2 is 1.96 bits per heavy atom. The Kier molecular flexibility index (Phi) is 6.65. The van der Waals surface area contributed by atoms with Crippen LogP contribution in [0.15, 0.2) is 18.5 Å². The number of hydrogen-bond acceptors (Lipinski definition) is 6. The standard InChI is InChI=1S/C16H22N4O4/c1-24-14(21)7-8-17-15(22)11-2-4-13(5-3-11)20-16(23)12-6-9-18-19-10-12/h6,9-11,13H,2-5,7-8H2,1H3,(H,17,22)(H,20,23). The number of carbonyl (C=O) groups is 3. The lowest BCUT2D eigenvalue weighted by molar-refractivity contribution is -0.140. The maximum atomic E-state index is 12.1. The van der Waals surface area contributed by atoms with Crippen molar-refractivity contribution in [2.75, 3.05) is 13.7 Å². The minimum atomic E-state index is -0.340. The van der Waals surface area contributed by atoms with Gasteiger partial charge in [-0.1, -0.05) is 0 Å². The van der Waals surface area contributed by atoms with E-state index >= 15 is 0 Å². The maximum absolute atomic E-state index is 12.1. The van der Waals surface area contributed by atoms with Crippen LogP contribution in [-0.2, 0) is 14.3 Å². The molecule has 0 spiro atoms. The predicted octanol–water partition coefficient (Wildman–Crippen LogP) is 0.445. The van der Waals surface area contributed by atoms with Crippen LogP contribution >= 0.6 is 0 Å². The van der Waals surface area contributed by atoms with Crippen LogP contribution in [0.3, 0.4) is 0 Å². The highest BCUT2D eigenvalue weighted by atomic mass is 16.5. The summed E-state index contributed by atoms with van der Waals surface area (Å²) in [6.07, 6.45) is 6.00. The van der Waals surface area contributed by atoms with E-state index < -0.39 is 0 Å². The molecule has 1 heterocycles. The Bertz CT molecular complexity index is 571. The molecule has 130 valence electrons. The highest BCUT2D eigenvalue weighted by Gasteiger charge is 2.27. The minimum Gasteiger partial charge on any atom is -0.469 e. The van der Waals surface area contributed by atoms with Gasteiger partial charge in [0, 0.05) is 18.5 Å². The molecule has 0 unspecified atom stereocenters. The van der Waals surface area contributed by atoms with Crippen LogP contribution in [0.2, 0.25) is 0 Å². The van der Waals surface area contributed by atoms with Crippen molar-refractivity contribution in [3.8, 4) is 0 Å². The zero-order valence-electron chi connectivity index (χ0n) is 13.7. The molecule has 1 aliphatic carbocycles. The topological polar surface area (TPSA) is 110 Å². The van der Waals surface area contributed by atoms with E-state index in [2.05, 4.69) is 25.6 Å². The predicted molar refractivity (Wildman–Crippen MR) is 84.9 cm³/mol. The number of nitrogens with zero attached hydrogens (tertiary/aromatic N) is 2. The van der Waals surface area contributed by atoms with Crippen molar-refractivity contribution in [1.82, 2.24) is 20.8 Å². The third kappa shape index (κ3) is 5.29. The van der Waals surface area contributed by atoms with Crippen molar-refractivity contribution in [1.29, 1.82) is 0 Å². The second-order valence-electron chi connectivity index (χ2n) is 5.77. The SMILES string of the molecule is COC(=O)CCNC(=O)C1CCC(NC(=O)c2ccnnc2)CC1. The van der Waals surface area contributed by atoms with E-state index in [9.17, 15) is 14.4 Å². The van der Waals surface area contributed by atoms with Crippen LogP contribution in [-0.4, -0.2) is 47.7 Å². The summed E-state index contributed by atoms with van der Waals surface area (Å²) in [4.78, 5) is 35.1. The third-order valence-corrected chi connectivity index (χ3v) is 4.14. The first-order valence-electron chi connectivity index (χ1n) is 8.02. The van der Waals surface area contributed by atoms with E-state index in [-0.39, 0.29) is 42.7 Å². The number of methoxy groups -OCH3 is 1. The van der Waals surface area contributed by atoms with E-state index in [1.807, 2.05) is 0 Å². The van der Waals surface area contributed by atoms with Crippen molar-refractivity contribution in [3.63, 3.8) is 0 Å². The highest BCUT2D eigenvalue weighted by Crippen LogP contribution is 2.24. The molecule has 1 saturated carbocycles. The number of hydrogen-bond donors (Lipinski definition) is 2. The molecule has 2 N–H and O–H groups in total. The monoisotopic (exact) mass is 334 g/mol. The van der Waals surface area contributed by atoms with E-state index in [4.69, 9.17) is 0 Å². The van der Waals surface area contributed by atoms with Gasteiger partial charge >= 0.3 is 5.97 Å². The fourth-order valence-corrected chi connectivity index (χ4v) is 2.73. The van der Waals surface area contributed by atoms with Crippen LogP contribution < -0.4 is 10.6 Å². The summed E-state index contributed by atoms with van der Waals surface area (Å²) >= 11 is 0. The van der Waals surface area contributed by atoms with E-state index in [1.165, 1.54) is 19.5 Å². The third-order valence-electron chi connectivity index (χ3n) is 4.14. The van der Waals surface area contributed by atoms with Crippen LogP contribution in [0.4, 0.5) is 0 Å². The van der Waals surface area contributed by atoms with E-state index in [0.717, 1.165) is 12.8 Å². The first-order valence-corrected chi connectivity index (χ1v) is 8.02. The van der Waals surface area contributed by atoms with Gasteiger partial charge in [-0.05, 0) is 31.7 Å². The van der Waals surface area contributed by atoms with Crippen LogP contribution in [0.25, 0.3) is 0 Å². The molecule has 0 saturated heterocycles. The fraction of sp³-hybridized carbons (Fsp3) is 0.562. The fourth-order valence-electron chi connectivity index (χ4n) is 2.73. The van der Waals surface area contributed by atoms with E-state index in [1.54, 1.807) is 6.07 Å². The second kappa shape index (κ2) is 8.95. The smallest absolute Gasteiger partial charge is 0.307 e. The Morgan fingerprint density at radius 1 is 1.21 bits per heavy atom. The molecule has 1 aromatic heterocycles. The van der Waals surface area contributed by atoms with Crippen molar-refractivity contribution in [2.24, 2.45) is 5.92 Å². The molecular weight excluding hydrogens is 312 g/mol. The first kappa shape index (κ1) is 17.8. The average Bonchev–Trinajstić information content (AvgIpc) is 2.62. The number of rotatable bonds is 6. The van der Waals surface area contributed by atoms with Gasteiger partial charge in [0.15, 0.2) is 0 Å². The molecule has 0 bridgehead atoms. The van der Waals surface area contributed by atoms with Gasteiger partial charge in [-0.25, -0.2) is 0 Å². The van der Waals surface area contributed by atoms with Crippen LogP contribution in [0.1, 0.15) is 42.5 Å². The molecule has 0 aromatic carbocycles. The van der Waals surface area contributed by atoms with Gasteiger partial charge < -0.3 is 15.4 Å². The highest BCUT2D eigenvalue weighted by molar-refractivity contribution is 5.93. The van der Waals surface area contributed by atoms with Gasteiger partial charge in [-0.15, -0.1) is 0 Å². The molecule has 8 nitrogen and oxygen atoms in total. The molecule has 2 amide bonds. The Labute approximate surface area is 140 Å². The van der Waals surface area contributed by atoms with Gasteiger partial charge in [0.05, 0.1) is 31.5 Å². The molecule has 24 heavy (non-hydrogen) atoms. The van der Waals surface area contributed by atoms with E-state index in [0.29, 0.717) is 18.4 Å². The Morgan fingerprint density at radius 3 is 2.58 bits per heavy atom. The molecule has 1 aliphatic rings. The Hall–Kier alpha value is -2.51. The molecule has 2 rings (SSSR count). The van der Waals surface area contributed by atoms with Gasteiger partial charge in [0.25, 0.3) is 5.91 Å². The van der Waals surface area contributed by atoms with Crippen LogP contribution in [0.5, 0.6) is 0 Å². The number of nitrogens with one attached hydrogen (secondary N) is 2. The largest absolute Gasteiger partial charge is 0.469 e. The minimum absolute atomic E-state index is 0.0398. The number of carbonyl (C=O) groups excluding carboxylic acids is 3. The van der Waals surface area contributed by atoms with Crippen molar-refractivity contribution in [3.05, 3.63) is 24.0 Å². The molecule has 8 heteroatoms. The molecular formula is C16H22N4O4. The van der Waals surface area contributed by atoms with Gasteiger partial charge in [-0.3, -0.25) is 14.4 Å². The molecule has 1 fully saturated rings. The Balaban J connectivity index is 1.70. The lowest BCUT2D eigenvalue weighted by atomic mass is 9.85. The van der Waals surface area contributed by atoms with Gasteiger partial charge in [0.1, 0.15) is 0 Å². The van der Waals surface area contributed by atoms with Crippen molar-refractivity contribution < 1.29 is 19.1 Å². The zero-order chi connectivity index (χ0) is 17.4. The molecule has 0 radical (unpaired) electrons. The second-order valence-corrected chi connectivity index (χ2v) is 5.77. The summed E-state index contributed by atoms with van der Waals surface area (Å²) in [6.45, 7) is 0.289. The first-order chi connectivity index (χ1) is 11.6. The summed E-state index contributed by atoms with van der Waals surface area (Å²) < 4.78 is 4.53. The summed E-state index contributed by atoms with van der Waals surface area (Å²) in [5, 5.41) is 13.0. The van der Waals surface area contributed by atoms with Crippen LogP contribution in [0, 0.1) is 5.92 Å². The molecule has 1 aromatic rings. The van der Waals surface area contributed by atoms with Gasteiger partial charge in [0.2, 0.25) is 5.91 Å². The number of amides is 2. The number of aromatic nitrogens is 2. The number of ether oxygens (including phenoxy) is 1. The summed E-state index contributed by atoms with van der Waals surface area (Å²) in [7, 11) is 1.32. The van der Waals surface area contributed by atoms with Crippen molar-refractivity contribution >= 4 is 17.8 Å². The van der Waals surface area contributed by atoms with Crippen molar-refractivity contribution in [2.45, 2.75) is 38.1 Å². The lowest BCUT2D eigenvalue weighted by Gasteiger charge is -2.28. The summed E-state index contributed by atoms with van der Waals surface area (Å²) in [5.74, 6) is -0.622. The maximum Gasteiger partial charge on any atom is 0.307 e. The average molecular weight is 334 g/mol. The van der Waals surface area contributed by atoms with Gasteiger partial charge in [-0.2, -0.15) is 10.2 Å². The summed E-state index contributed by atoms with van der Waals surface area (Å²) in [5.41, 5.74) is 0.479. The normalized spacial score (nSPS) is 20.0. The number of esters is 1. The quantitative estimate of drug-likeness (QED) is 0.731. The summed E-state index contributed by atoms with van der Waals surface area (Å²) in [6, 6.07) is 1.67. The lowest BCUT2D eigenvalue weighted by Crippen LogP contribution is -2.41.